The summed E-state index contributed by atoms with van der Waals surface area (Å²) in [5, 5.41) is 13.7. The van der Waals surface area contributed by atoms with E-state index in [0.29, 0.717) is 25.6 Å². The molecule has 142 valence electrons. The lowest BCUT2D eigenvalue weighted by atomic mass is 9.95. The number of aliphatic imine (C=N–C) groups is 1. The molecule has 1 amide bonds. The molecule has 0 saturated heterocycles. The molecule has 7 nitrogen and oxygen atoms in total. The first kappa shape index (κ1) is 21.7. The topological polar surface area (TPSA) is 83.3 Å². The third-order valence-corrected chi connectivity index (χ3v) is 4.28. The highest BCUT2D eigenvalue weighted by Gasteiger charge is 2.15. The number of rotatable bonds is 7. The summed E-state index contributed by atoms with van der Waals surface area (Å²) >= 11 is 0. The summed E-state index contributed by atoms with van der Waals surface area (Å²) in [7, 11) is 1.90. The van der Waals surface area contributed by atoms with Gasteiger partial charge < -0.3 is 16.0 Å². The fourth-order valence-electron chi connectivity index (χ4n) is 2.90. The molecule has 1 aliphatic rings. The van der Waals surface area contributed by atoms with E-state index in [1.165, 1.54) is 19.3 Å². The van der Waals surface area contributed by atoms with Gasteiger partial charge in [0.25, 0.3) is 0 Å². The van der Waals surface area contributed by atoms with E-state index in [0.717, 1.165) is 31.0 Å². The summed E-state index contributed by atoms with van der Waals surface area (Å²) < 4.78 is 1.81. The van der Waals surface area contributed by atoms with Crippen LogP contribution in [0.25, 0.3) is 0 Å². The van der Waals surface area contributed by atoms with Gasteiger partial charge >= 0.3 is 0 Å². The molecular formula is C17H31IN6O. The highest BCUT2D eigenvalue weighted by atomic mass is 127. The molecule has 1 fully saturated rings. The SMILES string of the molecule is CCNC(=NCc1ccnn1C)NCCC(=O)NC1CCCCC1.I. The van der Waals surface area contributed by atoms with E-state index in [4.69, 9.17) is 0 Å². The van der Waals surface area contributed by atoms with Crippen LogP contribution in [0.2, 0.25) is 0 Å². The smallest absolute Gasteiger partial charge is 0.221 e. The van der Waals surface area contributed by atoms with Crippen LogP contribution in [0.3, 0.4) is 0 Å². The van der Waals surface area contributed by atoms with Gasteiger partial charge in [-0.25, -0.2) is 4.99 Å². The molecule has 0 spiro atoms. The van der Waals surface area contributed by atoms with Crippen molar-refractivity contribution >= 4 is 35.8 Å². The molecule has 0 bridgehead atoms. The van der Waals surface area contributed by atoms with Crippen LogP contribution in [0.1, 0.15) is 51.1 Å². The quantitative estimate of drug-likeness (QED) is 0.329. The van der Waals surface area contributed by atoms with Crippen molar-refractivity contribution in [3.05, 3.63) is 18.0 Å². The molecule has 0 atom stereocenters. The first-order chi connectivity index (χ1) is 11.7. The maximum Gasteiger partial charge on any atom is 0.221 e. The Morgan fingerprint density at radius 3 is 2.72 bits per heavy atom. The van der Waals surface area contributed by atoms with Gasteiger partial charge in [-0.3, -0.25) is 9.48 Å². The maximum atomic E-state index is 12.0. The molecule has 1 aromatic rings. The standard InChI is InChI=1S/C17H30N6O.HI/c1-3-18-17(20-13-15-9-12-21-23(15)2)19-11-10-16(24)22-14-7-5-4-6-8-14;/h9,12,14H,3-8,10-11,13H2,1-2H3,(H,22,24)(H2,18,19,20);1H. The van der Waals surface area contributed by atoms with E-state index in [9.17, 15) is 4.79 Å². The number of carbonyl (C=O) groups excluding carboxylic acids is 1. The number of guanidine groups is 1. The molecule has 0 aromatic carbocycles. The fraction of sp³-hybridized carbons (Fsp3) is 0.706. The Balaban J connectivity index is 0.00000312. The van der Waals surface area contributed by atoms with Crippen molar-refractivity contribution < 1.29 is 4.79 Å². The Labute approximate surface area is 167 Å². The van der Waals surface area contributed by atoms with Gasteiger partial charge in [0.1, 0.15) is 0 Å². The molecule has 1 saturated carbocycles. The molecule has 1 aliphatic carbocycles. The van der Waals surface area contributed by atoms with Gasteiger partial charge in [-0.15, -0.1) is 24.0 Å². The van der Waals surface area contributed by atoms with Crippen LogP contribution in [0.4, 0.5) is 0 Å². The van der Waals surface area contributed by atoms with Gasteiger partial charge in [-0.2, -0.15) is 5.10 Å². The highest BCUT2D eigenvalue weighted by Crippen LogP contribution is 2.17. The van der Waals surface area contributed by atoms with Gasteiger partial charge in [0.05, 0.1) is 12.2 Å². The number of carbonyl (C=O) groups is 1. The minimum atomic E-state index is 0. The van der Waals surface area contributed by atoms with Crippen LogP contribution in [-0.2, 0) is 18.4 Å². The second kappa shape index (κ2) is 12.1. The summed E-state index contributed by atoms with van der Waals surface area (Å²) in [6.07, 6.45) is 8.23. The van der Waals surface area contributed by atoms with Crippen LogP contribution in [0.15, 0.2) is 17.3 Å². The molecule has 1 heterocycles. The molecular weight excluding hydrogens is 431 g/mol. The Kier molecular flexibility index (Phi) is 10.5. The van der Waals surface area contributed by atoms with Crippen LogP contribution < -0.4 is 16.0 Å². The van der Waals surface area contributed by atoms with Gasteiger partial charge in [0.2, 0.25) is 5.91 Å². The summed E-state index contributed by atoms with van der Waals surface area (Å²) in [6.45, 7) is 3.94. The average molecular weight is 462 g/mol. The first-order valence-electron chi connectivity index (χ1n) is 8.97. The number of aryl methyl sites for hydroxylation is 1. The highest BCUT2D eigenvalue weighted by molar-refractivity contribution is 14.0. The Hall–Kier alpha value is -1.32. The first-order valence-corrected chi connectivity index (χ1v) is 8.97. The van der Waals surface area contributed by atoms with Crippen LogP contribution >= 0.6 is 24.0 Å². The van der Waals surface area contributed by atoms with Crippen molar-refractivity contribution in [2.24, 2.45) is 12.0 Å². The number of aromatic nitrogens is 2. The van der Waals surface area contributed by atoms with E-state index in [1.807, 2.05) is 24.7 Å². The predicted molar refractivity (Wildman–Crippen MR) is 111 cm³/mol. The molecule has 3 N–H and O–H groups in total. The second-order valence-electron chi connectivity index (χ2n) is 6.22. The zero-order valence-electron chi connectivity index (χ0n) is 15.3. The number of halogens is 1. The van der Waals surface area contributed by atoms with E-state index in [2.05, 4.69) is 26.0 Å². The second-order valence-corrected chi connectivity index (χ2v) is 6.22. The fourth-order valence-corrected chi connectivity index (χ4v) is 2.90. The number of hydrogen-bond donors (Lipinski definition) is 3. The Morgan fingerprint density at radius 1 is 1.32 bits per heavy atom. The van der Waals surface area contributed by atoms with E-state index >= 15 is 0 Å². The zero-order chi connectivity index (χ0) is 17.2. The number of hydrogen-bond acceptors (Lipinski definition) is 3. The third kappa shape index (κ3) is 8.06. The summed E-state index contributed by atoms with van der Waals surface area (Å²) in [6, 6.07) is 2.32. The summed E-state index contributed by atoms with van der Waals surface area (Å²) in [5.74, 6) is 0.848. The van der Waals surface area contributed by atoms with E-state index in [1.54, 1.807) is 6.20 Å². The average Bonchev–Trinajstić information content (AvgIpc) is 2.98. The van der Waals surface area contributed by atoms with Crippen molar-refractivity contribution in [1.29, 1.82) is 0 Å². The maximum absolute atomic E-state index is 12.0. The summed E-state index contributed by atoms with van der Waals surface area (Å²) in [5.41, 5.74) is 1.04. The lowest BCUT2D eigenvalue weighted by molar-refractivity contribution is -0.121. The third-order valence-electron chi connectivity index (χ3n) is 4.28. The van der Waals surface area contributed by atoms with E-state index in [-0.39, 0.29) is 29.9 Å². The van der Waals surface area contributed by atoms with Crippen molar-refractivity contribution in [3.63, 3.8) is 0 Å². The molecule has 25 heavy (non-hydrogen) atoms. The summed E-state index contributed by atoms with van der Waals surface area (Å²) in [4.78, 5) is 16.5. The predicted octanol–water partition coefficient (Wildman–Crippen LogP) is 1.93. The van der Waals surface area contributed by atoms with Gasteiger partial charge in [-0.05, 0) is 25.8 Å². The minimum absolute atomic E-state index is 0. The lowest BCUT2D eigenvalue weighted by Gasteiger charge is -2.22. The van der Waals surface area contributed by atoms with Crippen LogP contribution in [0.5, 0.6) is 0 Å². The zero-order valence-corrected chi connectivity index (χ0v) is 17.6. The van der Waals surface area contributed by atoms with Crippen molar-refractivity contribution in [1.82, 2.24) is 25.7 Å². The number of amides is 1. The van der Waals surface area contributed by atoms with Crippen molar-refractivity contribution in [2.75, 3.05) is 13.1 Å². The molecule has 0 unspecified atom stereocenters. The Morgan fingerprint density at radius 2 is 2.08 bits per heavy atom. The van der Waals surface area contributed by atoms with E-state index < -0.39 is 0 Å². The van der Waals surface area contributed by atoms with Crippen LogP contribution in [0, 0.1) is 0 Å². The van der Waals surface area contributed by atoms with Gasteiger partial charge in [0.15, 0.2) is 5.96 Å². The van der Waals surface area contributed by atoms with Crippen LogP contribution in [-0.4, -0.2) is 40.8 Å². The molecule has 0 aliphatic heterocycles. The normalized spacial score (nSPS) is 15.4. The largest absolute Gasteiger partial charge is 0.357 e. The molecule has 2 rings (SSSR count). The number of nitrogens with one attached hydrogen (secondary N) is 3. The minimum Gasteiger partial charge on any atom is -0.357 e. The van der Waals surface area contributed by atoms with Gasteiger partial charge in [-0.1, -0.05) is 19.3 Å². The molecule has 0 radical (unpaired) electrons. The molecule has 8 heteroatoms. The molecule has 1 aromatic heterocycles. The number of nitrogens with zero attached hydrogens (tertiary/aromatic N) is 3. The van der Waals surface area contributed by atoms with Gasteiger partial charge in [0, 0.05) is 38.8 Å². The lowest BCUT2D eigenvalue weighted by Crippen LogP contribution is -2.41. The van der Waals surface area contributed by atoms with Crippen molar-refractivity contribution in [2.45, 2.75) is 58.0 Å². The Bertz CT molecular complexity index is 539. The monoisotopic (exact) mass is 462 g/mol. The van der Waals surface area contributed by atoms with Crippen molar-refractivity contribution in [3.8, 4) is 0 Å².